The van der Waals surface area contributed by atoms with Crippen LogP contribution < -0.4 is 4.74 Å². The van der Waals surface area contributed by atoms with Gasteiger partial charge in [-0.05, 0) is 54.4 Å². The van der Waals surface area contributed by atoms with E-state index in [1.165, 1.54) is 0 Å². The average Bonchev–Trinajstić information content (AvgIpc) is 2.47. The van der Waals surface area contributed by atoms with Crippen LogP contribution in [0.4, 0.5) is 0 Å². The first-order chi connectivity index (χ1) is 11.6. The minimum Gasteiger partial charge on any atom is -0.504 e. The van der Waals surface area contributed by atoms with Crippen molar-refractivity contribution in [3.8, 4) is 11.5 Å². The van der Waals surface area contributed by atoms with Crippen LogP contribution in [0.25, 0.3) is 0 Å². The van der Waals surface area contributed by atoms with Gasteiger partial charge in [-0.2, -0.15) is 0 Å². The summed E-state index contributed by atoms with van der Waals surface area (Å²) >= 11 is 0. The summed E-state index contributed by atoms with van der Waals surface area (Å²) in [6.45, 7) is 6.08. The molecule has 0 aromatic heterocycles. The van der Waals surface area contributed by atoms with Crippen molar-refractivity contribution in [2.45, 2.75) is 45.3 Å². The summed E-state index contributed by atoms with van der Waals surface area (Å²) in [5.41, 5.74) is 1.97. The van der Waals surface area contributed by atoms with Crippen molar-refractivity contribution in [1.82, 2.24) is 4.90 Å². The molecule has 1 fully saturated rings. The van der Waals surface area contributed by atoms with E-state index in [-0.39, 0.29) is 29.6 Å². The number of piperidine rings is 1. The molecule has 3 rings (SSSR count). The number of aliphatic hydroxyl groups is 1. The molecule has 0 unspecified atom stereocenters. The summed E-state index contributed by atoms with van der Waals surface area (Å²) < 4.78 is 26.6. The lowest BCUT2D eigenvalue weighted by Gasteiger charge is -2.46. The molecule has 1 aromatic rings. The van der Waals surface area contributed by atoms with E-state index < -0.39 is 7.04 Å². The Morgan fingerprint density at radius 2 is 2.27 bits per heavy atom. The molecule has 0 bridgehead atoms. The number of hydrogen-bond acceptors (Lipinski definition) is 4. The number of benzene rings is 1. The van der Waals surface area contributed by atoms with Gasteiger partial charge in [0.1, 0.15) is 0 Å². The molecular weight excluding hydrogens is 278 g/mol. The normalized spacial score (nSPS) is 30.9. The zero-order valence-electron chi connectivity index (χ0n) is 16.2. The summed E-state index contributed by atoms with van der Waals surface area (Å²) in [5.74, 6) is 0.679. The van der Waals surface area contributed by atoms with Crippen LogP contribution in [0.15, 0.2) is 12.1 Å². The number of ether oxygens (including phenoxy) is 1. The number of fused-ring (bicyclic) bond motifs is 3. The average molecular weight is 308 g/mol. The van der Waals surface area contributed by atoms with Gasteiger partial charge in [0.2, 0.25) is 0 Å². The van der Waals surface area contributed by atoms with E-state index in [0.717, 1.165) is 37.1 Å². The van der Waals surface area contributed by atoms with Crippen molar-refractivity contribution in [2.75, 3.05) is 20.1 Å². The molecule has 2 N–H and O–H groups in total. The number of aromatic hydroxyl groups is 1. The molecule has 1 saturated heterocycles. The summed E-state index contributed by atoms with van der Waals surface area (Å²) in [4.78, 5) is 2.38. The fourth-order valence-corrected chi connectivity index (χ4v) is 4.03. The molecule has 0 spiro atoms. The van der Waals surface area contributed by atoms with Gasteiger partial charge in [-0.25, -0.2) is 0 Å². The predicted octanol–water partition coefficient (Wildman–Crippen LogP) is 2.73. The van der Waals surface area contributed by atoms with E-state index in [2.05, 4.69) is 18.7 Å². The van der Waals surface area contributed by atoms with Crippen LogP contribution >= 0.6 is 0 Å². The van der Waals surface area contributed by atoms with E-state index in [0.29, 0.717) is 12.3 Å². The third-order valence-electron chi connectivity index (χ3n) is 5.05. The van der Waals surface area contributed by atoms with Gasteiger partial charge in [0, 0.05) is 19.1 Å². The maximum absolute atomic E-state index is 10.6. The lowest BCUT2D eigenvalue weighted by Crippen LogP contribution is -2.48. The van der Waals surface area contributed by atoms with Crippen LogP contribution in [0.5, 0.6) is 11.5 Å². The van der Waals surface area contributed by atoms with Crippen LogP contribution in [0.2, 0.25) is 0 Å². The second kappa shape index (κ2) is 6.09. The number of phenolic OH excluding ortho intramolecular Hbond substituents is 1. The van der Waals surface area contributed by atoms with Gasteiger partial charge in [-0.1, -0.05) is 13.8 Å². The SMILES string of the molecule is [2H]C([2H])([2H])Oc1cc2c(cc1O)[C@@H]1C[C@@H](O)[C@@H](CC(C)C)CN1CC2. The third-order valence-corrected chi connectivity index (χ3v) is 5.05. The second-order valence-electron chi connectivity index (χ2n) is 7.07. The fourth-order valence-electron chi connectivity index (χ4n) is 4.03. The lowest BCUT2D eigenvalue weighted by atomic mass is 9.79. The van der Waals surface area contributed by atoms with Gasteiger partial charge in [0.15, 0.2) is 11.5 Å². The standard InChI is InChI=1S/C18H27NO3/c1-11(2)6-13-10-19-5-4-12-7-18(22-3)17(21)8-14(12)15(19)9-16(13)20/h7-8,11,13,15-16,20-21H,4-6,9-10H2,1-3H3/t13-,15-,16+/m0/s1/i3D3. The summed E-state index contributed by atoms with van der Waals surface area (Å²) in [6, 6.07) is 3.32. The van der Waals surface area contributed by atoms with Gasteiger partial charge in [-0.3, -0.25) is 4.90 Å². The van der Waals surface area contributed by atoms with Crippen molar-refractivity contribution in [1.29, 1.82) is 0 Å². The molecule has 3 atom stereocenters. The second-order valence-corrected chi connectivity index (χ2v) is 7.07. The van der Waals surface area contributed by atoms with Crippen LogP contribution in [0.3, 0.4) is 0 Å². The fraction of sp³-hybridized carbons (Fsp3) is 0.667. The molecule has 0 saturated carbocycles. The largest absolute Gasteiger partial charge is 0.504 e. The molecule has 22 heavy (non-hydrogen) atoms. The zero-order chi connectivity index (χ0) is 18.4. The molecule has 122 valence electrons. The first-order valence-corrected chi connectivity index (χ1v) is 8.11. The number of aliphatic hydroxyl groups excluding tert-OH is 1. The van der Waals surface area contributed by atoms with Gasteiger partial charge in [0.25, 0.3) is 0 Å². The maximum atomic E-state index is 10.6. The monoisotopic (exact) mass is 308 g/mol. The number of rotatable bonds is 3. The van der Waals surface area contributed by atoms with Crippen molar-refractivity contribution in [2.24, 2.45) is 11.8 Å². The molecule has 1 aromatic carbocycles. The minimum atomic E-state index is -2.59. The van der Waals surface area contributed by atoms with Gasteiger partial charge < -0.3 is 14.9 Å². The molecule has 2 aliphatic rings. The highest BCUT2D eigenvalue weighted by Crippen LogP contribution is 2.43. The summed E-state index contributed by atoms with van der Waals surface area (Å²) in [5, 5.41) is 20.8. The Morgan fingerprint density at radius 1 is 1.45 bits per heavy atom. The van der Waals surface area contributed by atoms with E-state index in [4.69, 9.17) is 8.85 Å². The predicted molar refractivity (Wildman–Crippen MR) is 86.2 cm³/mol. The molecule has 2 heterocycles. The van der Waals surface area contributed by atoms with E-state index in [1.807, 2.05) is 0 Å². The highest BCUT2D eigenvalue weighted by molar-refractivity contribution is 5.48. The van der Waals surface area contributed by atoms with Gasteiger partial charge in [0.05, 0.1) is 17.3 Å². The molecule has 0 aliphatic carbocycles. The maximum Gasteiger partial charge on any atom is 0.160 e. The molecule has 4 nitrogen and oxygen atoms in total. The van der Waals surface area contributed by atoms with Crippen LogP contribution in [-0.2, 0) is 6.42 Å². The highest BCUT2D eigenvalue weighted by Gasteiger charge is 2.38. The van der Waals surface area contributed by atoms with Crippen LogP contribution in [0.1, 0.15) is 48.0 Å². The highest BCUT2D eigenvalue weighted by atomic mass is 16.5. The third kappa shape index (κ3) is 2.82. The summed E-state index contributed by atoms with van der Waals surface area (Å²) in [6.07, 6.45) is 2.08. The molecule has 4 heteroatoms. The smallest absolute Gasteiger partial charge is 0.160 e. The Balaban J connectivity index is 1.84. The topological polar surface area (TPSA) is 52.9 Å². The van der Waals surface area contributed by atoms with Crippen LogP contribution in [0, 0.1) is 11.8 Å². The zero-order valence-corrected chi connectivity index (χ0v) is 13.2. The van der Waals surface area contributed by atoms with Crippen molar-refractivity contribution in [3.05, 3.63) is 23.3 Å². The molecule has 2 aliphatic heterocycles. The summed E-state index contributed by atoms with van der Waals surface area (Å²) in [7, 11) is -2.59. The van der Waals surface area contributed by atoms with Gasteiger partial charge >= 0.3 is 0 Å². The number of phenols is 1. The van der Waals surface area contributed by atoms with Crippen molar-refractivity contribution in [3.63, 3.8) is 0 Å². The molecule has 0 radical (unpaired) electrons. The van der Waals surface area contributed by atoms with Gasteiger partial charge in [-0.15, -0.1) is 0 Å². The number of nitrogens with zero attached hydrogens (tertiary/aromatic N) is 1. The Bertz CT molecular complexity index is 633. The first kappa shape index (κ1) is 12.2. The molecule has 0 amide bonds. The Morgan fingerprint density at radius 3 is 3.00 bits per heavy atom. The minimum absolute atomic E-state index is 0.00115. The van der Waals surface area contributed by atoms with E-state index in [1.54, 1.807) is 12.1 Å². The Kier molecular flexibility index (Phi) is 3.38. The Labute approximate surface area is 136 Å². The number of methoxy groups -OCH3 is 1. The van der Waals surface area contributed by atoms with E-state index >= 15 is 0 Å². The molecular formula is C18H27NO3. The first-order valence-electron chi connectivity index (χ1n) is 9.61. The lowest BCUT2D eigenvalue weighted by molar-refractivity contribution is -0.0191. The van der Waals surface area contributed by atoms with E-state index in [9.17, 15) is 10.2 Å². The quantitative estimate of drug-likeness (QED) is 0.901. The number of hydrogen-bond donors (Lipinski definition) is 2. The van der Waals surface area contributed by atoms with Crippen molar-refractivity contribution >= 4 is 0 Å². The van der Waals surface area contributed by atoms with Crippen molar-refractivity contribution < 1.29 is 19.1 Å². The Hall–Kier alpha value is -1.26. The van der Waals surface area contributed by atoms with Crippen LogP contribution in [-0.4, -0.2) is 41.3 Å².